The molecule has 0 spiro atoms. The number of hydrogen-bond donors (Lipinski definition) is 3. The van der Waals surface area contributed by atoms with Gasteiger partial charge in [0.05, 0.1) is 14.2 Å². The van der Waals surface area contributed by atoms with Gasteiger partial charge in [-0.3, -0.25) is 4.79 Å². The van der Waals surface area contributed by atoms with Gasteiger partial charge in [0.2, 0.25) is 5.78 Å². The molecule has 0 atom stereocenters. The van der Waals surface area contributed by atoms with Gasteiger partial charge in [0.25, 0.3) is 0 Å². The SMILES string of the molecule is COc1cc2[nH]cc(C=C3Oc4cc(O)cc(O)c4C3=O)c2cc1OC. The van der Waals surface area contributed by atoms with Gasteiger partial charge in [-0.2, -0.15) is 0 Å². The molecule has 132 valence electrons. The van der Waals surface area contributed by atoms with Crippen molar-refractivity contribution in [3.05, 3.63) is 47.3 Å². The summed E-state index contributed by atoms with van der Waals surface area (Å²) in [5.41, 5.74) is 1.55. The van der Waals surface area contributed by atoms with E-state index in [1.807, 2.05) is 0 Å². The van der Waals surface area contributed by atoms with Gasteiger partial charge in [-0.25, -0.2) is 0 Å². The third-order valence-corrected chi connectivity index (χ3v) is 4.24. The van der Waals surface area contributed by atoms with Crippen molar-refractivity contribution in [3.63, 3.8) is 0 Å². The van der Waals surface area contributed by atoms with E-state index in [1.54, 1.807) is 38.6 Å². The normalized spacial score (nSPS) is 14.5. The highest BCUT2D eigenvalue weighted by atomic mass is 16.5. The largest absolute Gasteiger partial charge is 0.508 e. The number of Topliss-reactive ketones (excluding diaryl/α,β-unsaturated/α-hetero) is 1. The van der Waals surface area contributed by atoms with Crippen LogP contribution in [0.3, 0.4) is 0 Å². The van der Waals surface area contributed by atoms with Gasteiger partial charge in [0, 0.05) is 40.9 Å². The Balaban J connectivity index is 1.80. The highest BCUT2D eigenvalue weighted by molar-refractivity contribution is 6.16. The average molecular weight is 353 g/mol. The molecule has 1 aliphatic heterocycles. The standard InChI is InChI=1S/C19H15NO6/c1-24-14-6-11-9(8-20-12(11)7-15(14)25-2)3-17-19(23)18-13(22)4-10(21)5-16(18)26-17/h3-8,20-22H,1-2H3. The number of aromatic nitrogens is 1. The predicted octanol–water partition coefficient (Wildman–Crippen LogP) is 3.21. The number of benzene rings is 2. The Morgan fingerprint density at radius 3 is 2.54 bits per heavy atom. The number of aromatic amines is 1. The number of hydrogen-bond acceptors (Lipinski definition) is 6. The number of carbonyl (C=O) groups is 1. The Morgan fingerprint density at radius 1 is 1.08 bits per heavy atom. The number of phenols is 2. The third kappa shape index (κ3) is 2.33. The Labute approximate surface area is 148 Å². The molecule has 0 fully saturated rings. The fourth-order valence-corrected chi connectivity index (χ4v) is 3.01. The molecule has 0 aliphatic carbocycles. The molecular weight excluding hydrogens is 338 g/mol. The number of nitrogens with one attached hydrogen (secondary N) is 1. The summed E-state index contributed by atoms with van der Waals surface area (Å²) in [5, 5.41) is 20.3. The molecular formula is C19H15NO6. The minimum absolute atomic E-state index is 0.0353. The van der Waals surface area contributed by atoms with Crippen molar-refractivity contribution in [2.45, 2.75) is 0 Å². The van der Waals surface area contributed by atoms with Crippen molar-refractivity contribution in [1.82, 2.24) is 4.98 Å². The van der Waals surface area contributed by atoms with Crippen LogP contribution in [0.1, 0.15) is 15.9 Å². The molecule has 1 aromatic heterocycles. The van der Waals surface area contributed by atoms with Crippen molar-refractivity contribution < 1.29 is 29.2 Å². The zero-order valence-corrected chi connectivity index (χ0v) is 14.0. The van der Waals surface area contributed by atoms with Gasteiger partial charge in [-0.05, 0) is 12.1 Å². The molecule has 2 heterocycles. The van der Waals surface area contributed by atoms with Crippen LogP contribution < -0.4 is 14.2 Å². The molecule has 3 aromatic rings. The van der Waals surface area contributed by atoms with Crippen LogP contribution in [0.25, 0.3) is 17.0 Å². The molecule has 0 saturated carbocycles. The summed E-state index contributed by atoms with van der Waals surface area (Å²) in [5.74, 6) is 0.366. The molecule has 0 saturated heterocycles. The number of ether oxygens (including phenoxy) is 3. The first-order chi connectivity index (χ1) is 12.5. The quantitative estimate of drug-likeness (QED) is 0.625. The molecule has 0 bridgehead atoms. The first-order valence-corrected chi connectivity index (χ1v) is 7.75. The molecule has 2 aromatic carbocycles. The van der Waals surface area contributed by atoms with E-state index in [1.165, 1.54) is 6.07 Å². The van der Waals surface area contributed by atoms with E-state index >= 15 is 0 Å². The summed E-state index contributed by atoms with van der Waals surface area (Å²) >= 11 is 0. The number of rotatable bonds is 3. The second kappa shape index (κ2) is 5.73. The van der Waals surface area contributed by atoms with Crippen molar-refractivity contribution in [2.24, 2.45) is 0 Å². The highest BCUT2D eigenvalue weighted by Gasteiger charge is 2.31. The molecule has 3 N–H and O–H groups in total. The van der Waals surface area contributed by atoms with Crippen LogP contribution in [0.4, 0.5) is 0 Å². The van der Waals surface area contributed by atoms with Crippen LogP contribution in [0, 0.1) is 0 Å². The van der Waals surface area contributed by atoms with Gasteiger partial charge in [-0.15, -0.1) is 0 Å². The van der Waals surface area contributed by atoms with Gasteiger partial charge in [0.1, 0.15) is 22.8 Å². The first kappa shape index (κ1) is 15.9. The Hall–Kier alpha value is -3.61. The Bertz CT molecular complexity index is 1080. The molecule has 26 heavy (non-hydrogen) atoms. The van der Waals surface area contributed by atoms with E-state index in [0.717, 1.165) is 17.0 Å². The van der Waals surface area contributed by atoms with Gasteiger partial charge >= 0.3 is 0 Å². The van der Waals surface area contributed by atoms with Crippen LogP contribution in [-0.2, 0) is 0 Å². The maximum Gasteiger partial charge on any atom is 0.235 e. The Kier molecular flexibility index (Phi) is 3.50. The van der Waals surface area contributed by atoms with Crippen LogP contribution in [0.2, 0.25) is 0 Å². The molecule has 1 aliphatic rings. The summed E-state index contributed by atoms with van der Waals surface area (Å²) in [4.78, 5) is 15.6. The van der Waals surface area contributed by atoms with E-state index in [-0.39, 0.29) is 28.6 Å². The number of aromatic hydroxyl groups is 2. The fraction of sp³-hybridized carbons (Fsp3) is 0.105. The van der Waals surface area contributed by atoms with Gasteiger partial charge in [0.15, 0.2) is 17.3 Å². The second-order valence-corrected chi connectivity index (χ2v) is 5.77. The lowest BCUT2D eigenvalue weighted by Crippen LogP contribution is -1.98. The van der Waals surface area contributed by atoms with Crippen molar-refractivity contribution in [3.8, 4) is 28.7 Å². The summed E-state index contributed by atoms with van der Waals surface area (Å²) in [6.45, 7) is 0. The van der Waals surface area contributed by atoms with Crippen molar-refractivity contribution >= 4 is 22.8 Å². The topological polar surface area (TPSA) is 101 Å². The number of ketones is 1. The van der Waals surface area contributed by atoms with E-state index in [0.29, 0.717) is 17.1 Å². The molecule has 0 radical (unpaired) electrons. The zero-order valence-electron chi connectivity index (χ0n) is 14.0. The number of allylic oxidation sites excluding steroid dienone is 1. The number of phenolic OH excluding ortho intramolecular Hbond substituents is 2. The lowest BCUT2D eigenvalue weighted by atomic mass is 10.1. The zero-order chi connectivity index (χ0) is 18.4. The van der Waals surface area contributed by atoms with Gasteiger partial charge < -0.3 is 29.4 Å². The van der Waals surface area contributed by atoms with Crippen LogP contribution in [-0.4, -0.2) is 35.2 Å². The lowest BCUT2D eigenvalue weighted by molar-refractivity contribution is 0.101. The smallest absolute Gasteiger partial charge is 0.235 e. The minimum atomic E-state index is -0.452. The monoisotopic (exact) mass is 353 g/mol. The van der Waals surface area contributed by atoms with E-state index < -0.39 is 5.78 Å². The molecule has 0 amide bonds. The summed E-state index contributed by atoms with van der Waals surface area (Å²) in [7, 11) is 3.10. The summed E-state index contributed by atoms with van der Waals surface area (Å²) < 4.78 is 16.1. The summed E-state index contributed by atoms with van der Waals surface area (Å²) in [6, 6.07) is 5.99. The lowest BCUT2D eigenvalue weighted by Gasteiger charge is -2.07. The van der Waals surface area contributed by atoms with E-state index in [4.69, 9.17) is 14.2 Å². The molecule has 0 unspecified atom stereocenters. The van der Waals surface area contributed by atoms with Crippen LogP contribution >= 0.6 is 0 Å². The maximum atomic E-state index is 12.5. The second-order valence-electron chi connectivity index (χ2n) is 5.77. The molecule has 7 heteroatoms. The average Bonchev–Trinajstić information content (AvgIpc) is 3.14. The van der Waals surface area contributed by atoms with Gasteiger partial charge in [-0.1, -0.05) is 0 Å². The minimum Gasteiger partial charge on any atom is -0.508 e. The molecule has 7 nitrogen and oxygen atoms in total. The summed E-state index contributed by atoms with van der Waals surface area (Å²) in [6.07, 6.45) is 3.30. The number of fused-ring (bicyclic) bond motifs is 2. The number of carbonyl (C=O) groups excluding carboxylic acids is 1. The van der Waals surface area contributed by atoms with Crippen molar-refractivity contribution in [2.75, 3.05) is 14.2 Å². The van der Waals surface area contributed by atoms with E-state index in [9.17, 15) is 15.0 Å². The maximum absolute atomic E-state index is 12.5. The number of methoxy groups -OCH3 is 2. The number of H-pyrrole nitrogens is 1. The third-order valence-electron chi connectivity index (χ3n) is 4.24. The highest BCUT2D eigenvalue weighted by Crippen LogP contribution is 2.41. The Morgan fingerprint density at radius 2 is 1.81 bits per heavy atom. The predicted molar refractivity (Wildman–Crippen MR) is 94.1 cm³/mol. The van der Waals surface area contributed by atoms with Crippen LogP contribution in [0.15, 0.2) is 36.2 Å². The molecule has 4 rings (SSSR count). The van der Waals surface area contributed by atoms with Crippen molar-refractivity contribution in [1.29, 1.82) is 0 Å². The van der Waals surface area contributed by atoms with E-state index in [2.05, 4.69) is 4.98 Å². The fourth-order valence-electron chi connectivity index (χ4n) is 3.01. The first-order valence-electron chi connectivity index (χ1n) is 7.75. The van der Waals surface area contributed by atoms with Crippen LogP contribution in [0.5, 0.6) is 28.7 Å².